The van der Waals surface area contributed by atoms with Crippen molar-refractivity contribution < 1.29 is 0 Å². The summed E-state index contributed by atoms with van der Waals surface area (Å²) in [5.74, 6) is 0. The zero-order valence-corrected chi connectivity index (χ0v) is 6.63. The van der Waals surface area contributed by atoms with Gasteiger partial charge in [0, 0.05) is 12.0 Å². The van der Waals surface area contributed by atoms with E-state index in [4.69, 9.17) is 28.9 Å². The van der Waals surface area contributed by atoms with Crippen LogP contribution < -0.4 is 5.73 Å². The van der Waals surface area contributed by atoms with Gasteiger partial charge < -0.3 is 5.73 Å². The van der Waals surface area contributed by atoms with Gasteiger partial charge in [0.05, 0.1) is 0 Å². The maximum atomic E-state index is 5.55. The number of rotatable bonds is 2. The van der Waals surface area contributed by atoms with E-state index in [0.717, 1.165) is 0 Å². The Morgan fingerprint density at radius 1 is 1.50 bits per heavy atom. The normalized spacial score (nSPS) is 12.8. The Hall–Kier alpha value is 0.540. The van der Waals surface area contributed by atoms with Crippen LogP contribution in [0.4, 0.5) is 0 Å². The lowest BCUT2D eigenvalue weighted by atomic mass is 9.97. The van der Waals surface area contributed by atoms with E-state index in [9.17, 15) is 0 Å². The summed E-state index contributed by atoms with van der Waals surface area (Å²) >= 11 is 11.1. The fourth-order valence-electron chi connectivity index (χ4n) is 0.0891. The van der Waals surface area contributed by atoms with Gasteiger partial charge >= 0.3 is 0 Å². The Morgan fingerprint density at radius 3 is 1.88 bits per heavy atom. The summed E-state index contributed by atoms with van der Waals surface area (Å²) < 4.78 is 0. The lowest BCUT2D eigenvalue weighted by Gasteiger charge is -2.22. The molecule has 0 rings (SSSR count). The SMILES string of the molecule is CC(C)(CN)C(Cl)Cl. The first-order valence-electron chi connectivity index (χ1n) is 2.49. The molecule has 0 spiro atoms. The van der Waals surface area contributed by atoms with Crippen molar-refractivity contribution in [3.8, 4) is 0 Å². The molecule has 8 heavy (non-hydrogen) atoms. The first-order chi connectivity index (χ1) is 3.50. The zero-order chi connectivity index (χ0) is 6.78. The first kappa shape index (κ1) is 8.54. The van der Waals surface area contributed by atoms with Crippen LogP contribution in [0, 0.1) is 5.41 Å². The van der Waals surface area contributed by atoms with E-state index in [-0.39, 0.29) is 10.3 Å². The molecule has 0 radical (unpaired) electrons. The van der Waals surface area contributed by atoms with Crippen LogP contribution >= 0.6 is 23.2 Å². The Labute approximate surface area is 60.1 Å². The highest BCUT2D eigenvalue weighted by molar-refractivity contribution is 6.44. The fourth-order valence-corrected chi connectivity index (χ4v) is 0.267. The van der Waals surface area contributed by atoms with Gasteiger partial charge in [-0.1, -0.05) is 13.8 Å². The minimum Gasteiger partial charge on any atom is -0.330 e. The number of hydrogen-bond donors (Lipinski definition) is 1. The quantitative estimate of drug-likeness (QED) is 0.606. The number of halogens is 2. The molecule has 0 aromatic rings. The summed E-state index contributed by atoms with van der Waals surface area (Å²) in [6.45, 7) is 4.38. The van der Waals surface area contributed by atoms with Crippen LogP contribution in [-0.4, -0.2) is 11.4 Å². The molecule has 0 saturated carbocycles. The molecule has 0 fully saturated rings. The molecular weight excluding hydrogens is 145 g/mol. The van der Waals surface area contributed by atoms with E-state index >= 15 is 0 Å². The van der Waals surface area contributed by atoms with Crippen LogP contribution in [-0.2, 0) is 0 Å². The number of hydrogen-bond acceptors (Lipinski definition) is 1. The molecule has 50 valence electrons. The van der Waals surface area contributed by atoms with Gasteiger partial charge in [-0.2, -0.15) is 0 Å². The highest BCUT2D eigenvalue weighted by atomic mass is 35.5. The molecule has 0 unspecified atom stereocenters. The fraction of sp³-hybridized carbons (Fsp3) is 1.00. The van der Waals surface area contributed by atoms with Crippen LogP contribution in [0.5, 0.6) is 0 Å². The predicted octanol–water partition coefficient (Wildman–Crippen LogP) is 1.77. The average molecular weight is 156 g/mol. The highest BCUT2D eigenvalue weighted by Gasteiger charge is 2.23. The Morgan fingerprint density at radius 2 is 1.88 bits per heavy atom. The third-order valence-corrected chi connectivity index (χ3v) is 2.30. The summed E-state index contributed by atoms with van der Waals surface area (Å²) in [4.78, 5) is -0.368. The topological polar surface area (TPSA) is 26.0 Å². The molecule has 0 aromatic carbocycles. The van der Waals surface area contributed by atoms with E-state index in [1.807, 2.05) is 13.8 Å². The van der Waals surface area contributed by atoms with Crippen molar-refractivity contribution in [1.29, 1.82) is 0 Å². The monoisotopic (exact) mass is 155 g/mol. The molecule has 0 bridgehead atoms. The van der Waals surface area contributed by atoms with E-state index in [1.165, 1.54) is 0 Å². The summed E-state index contributed by atoms with van der Waals surface area (Å²) in [6.07, 6.45) is 0. The molecule has 0 saturated heterocycles. The third-order valence-electron chi connectivity index (χ3n) is 1.12. The molecule has 0 amide bonds. The molecular formula is C5H11Cl2N. The Kier molecular flexibility index (Phi) is 3.10. The van der Waals surface area contributed by atoms with Gasteiger partial charge in [0.2, 0.25) is 0 Å². The number of alkyl halides is 2. The second-order valence-electron chi connectivity index (χ2n) is 2.49. The van der Waals surface area contributed by atoms with Crippen LogP contribution in [0.3, 0.4) is 0 Å². The minimum atomic E-state index is -0.368. The first-order valence-corrected chi connectivity index (χ1v) is 3.36. The molecule has 0 atom stereocenters. The van der Waals surface area contributed by atoms with Crippen LogP contribution in [0.2, 0.25) is 0 Å². The molecule has 0 aliphatic carbocycles. The smallest absolute Gasteiger partial charge is 0.114 e. The molecule has 0 heterocycles. The zero-order valence-electron chi connectivity index (χ0n) is 5.12. The number of nitrogens with two attached hydrogens (primary N) is 1. The van der Waals surface area contributed by atoms with E-state index in [1.54, 1.807) is 0 Å². The lowest BCUT2D eigenvalue weighted by molar-refractivity contribution is 0.412. The lowest BCUT2D eigenvalue weighted by Crippen LogP contribution is -2.29. The predicted molar refractivity (Wildman–Crippen MR) is 38.3 cm³/mol. The summed E-state index contributed by atoms with van der Waals surface area (Å²) in [5.41, 5.74) is 5.19. The third kappa shape index (κ3) is 2.21. The molecule has 2 N–H and O–H groups in total. The van der Waals surface area contributed by atoms with Crippen molar-refractivity contribution in [2.45, 2.75) is 18.7 Å². The van der Waals surface area contributed by atoms with Gasteiger partial charge in [0.1, 0.15) is 4.84 Å². The van der Waals surface area contributed by atoms with Crippen molar-refractivity contribution in [2.75, 3.05) is 6.54 Å². The van der Waals surface area contributed by atoms with E-state index in [2.05, 4.69) is 0 Å². The van der Waals surface area contributed by atoms with Gasteiger partial charge in [0.15, 0.2) is 0 Å². The highest BCUT2D eigenvalue weighted by Crippen LogP contribution is 2.26. The molecule has 0 aliphatic heterocycles. The average Bonchev–Trinajstić information content (AvgIpc) is 1.67. The summed E-state index contributed by atoms with van der Waals surface area (Å²) in [6, 6.07) is 0. The van der Waals surface area contributed by atoms with Gasteiger partial charge in [-0.05, 0) is 0 Å². The van der Waals surface area contributed by atoms with Gasteiger partial charge in [-0.3, -0.25) is 0 Å². The van der Waals surface area contributed by atoms with Crippen molar-refractivity contribution >= 4 is 23.2 Å². The molecule has 0 aliphatic rings. The van der Waals surface area contributed by atoms with Crippen molar-refractivity contribution in [3.05, 3.63) is 0 Å². The molecule has 3 heteroatoms. The summed E-state index contributed by atoms with van der Waals surface area (Å²) in [7, 11) is 0. The van der Waals surface area contributed by atoms with Crippen molar-refractivity contribution in [2.24, 2.45) is 11.1 Å². The second kappa shape index (κ2) is 2.90. The maximum Gasteiger partial charge on any atom is 0.114 e. The van der Waals surface area contributed by atoms with E-state index in [0.29, 0.717) is 6.54 Å². The van der Waals surface area contributed by atoms with Crippen LogP contribution in [0.1, 0.15) is 13.8 Å². The minimum absolute atomic E-state index is 0.150. The second-order valence-corrected chi connectivity index (χ2v) is 3.59. The summed E-state index contributed by atoms with van der Waals surface area (Å²) in [5, 5.41) is 0. The van der Waals surface area contributed by atoms with Crippen molar-refractivity contribution in [1.82, 2.24) is 0 Å². The maximum absolute atomic E-state index is 5.55. The Bertz CT molecular complexity index is 70.8. The molecule has 1 nitrogen and oxygen atoms in total. The largest absolute Gasteiger partial charge is 0.330 e. The van der Waals surface area contributed by atoms with E-state index < -0.39 is 0 Å². The van der Waals surface area contributed by atoms with Gasteiger partial charge in [-0.25, -0.2) is 0 Å². The van der Waals surface area contributed by atoms with Crippen LogP contribution in [0.25, 0.3) is 0 Å². The standard InChI is InChI=1S/C5H11Cl2N/c1-5(2,3-8)4(6)7/h4H,3,8H2,1-2H3. The van der Waals surface area contributed by atoms with Crippen molar-refractivity contribution in [3.63, 3.8) is 0 Å². The van der Waals surface area contributed by atoms with Gasteiger partial charge in [0.25, 0.3) is 0 Å². The van der Waals surface area contributed by atoms with Gasteiger partial charge in [-0.15, -0.1) is 23.2 Å². The Balaban J connectivity index is 3.71. The molecule has 0 aromatic heterocycles. The van der Waals surface area contributed by atoms with Crippen LogP contribution in [0.15, 0.2) is 0 Å².